The van der Waals surface area contributed by atoms with E-state index in [1.165, 1.54) is 32.0 Å². The van der Waals surface area contributed by atoms with Crippen LogP contribution < -0.4 is 0 Å². The Morgan fingerprint density at radius 3 is 2.09 bits per heavy atom. The van der Waals surface area contributed by atoms with E-state index >= 15 is 0 Å². The zero-order valence-electron chi connectivity index (χ0n) is 23.6. The van der Waals surface area contributed by atoms with Gasteiger partial charge >= 0.3 is 0 Å². The minimum absolute atomic E-state index is 0.652. The normalized spacial score (nSPS) is 11.6. The van der Waals surface area contributed by atoms with Crippen molar-refractivity contribution < 1.29 is 4.42 Å². The third-order valence-electron chi connectivity index (χ3n) is 8.29. The summed E-state index contributed by atoms with van der Waals surface area (Å²) in [5.41, 5.74) is 7.81. The van der Waals surface area contributed by atoms with E-state index in [9.17, 15) is 0 Å². The third-order valence-corrected chi connectivity index (χ3v) is 9.43. The van der Waals surface area contributed by atoms with Crippen LogP contribution in [-0.2, 0) is 0 Å². The number of para-hydroxylation sites is 2. The van der Waals surface area contributed by atoms with Gasteiger partial charge in [-0.15, -0.1) is 11.3 Å². The molecule has 0 N–H and O–H groups in total. The summed E-state index contributed by atoms with van der Waals surface area (Å²) < 4.78 is 7.64. The van der Waals surface area contributed by atoms with Crippen LogP contribution in [0.4, 0.5) is 0 Å². The summed E-state index contributed by atoms with van der Waals surface area (Å²) in [6, 6.07) is 50.9. The molecule has 3 nitrogen and oxygen atoms in total. The lowest BCUT2D eigenvalue weighted by atomic mass is 9.99. The standard InChI is InChI=1S/C40H24N2OS/c1-2-9-25(10-3-1)26-17-18-28-22-29(20-19-27(28)21-26)34-24-35(38-23-30-11-4-7-16-37(30)44-38)42-40(41-34)33-14-8-13-32-31-12-5-6-15-36(31)43-39(32)33/h1-24H. The molecule has 0 saturated heterocycles. The maximum atomic E-state index is 6.41. The molecule has 4 heteroatoms. The molecule has 0 fully saturated rings. The first kappa shape index (κ1) is 25.0. The number of hydrogen-bond acceptors (Lipinski definition) is 4. The van der Waals surface area contributed by atoms with Crippen molar-refractivity contribution >= 4 is 54.1 Å². The average Bonchev–Trinajstić information content (AvgIpc) is 3.70. The molecule has 0 aliphatic heterocycles. The van der Waals surface area contributed by atoms with Crippen molar-refractivity contribution in [3.05, 3.63) is 146 Å². The zero-order chi connectivity index (χ0) is 29.0. The van der Waals surface area contributed by atoms with Gasteiger partial charge in [0.2, 0.25) is 0 Å². The summed E-state index contributed by atoms with van der Waals surface area (Å²) in [6.45, 7) is 0. The minimum Gasteiger partial charge on any atom is -0.455 e. The fourth-order valence-corrected chi connectivity index (χ4v) is 7.11. The Morgan fingerprint density at radius 2 is 1.20 bits per heavy atom. The van der Waals surface area contributed by atoms with E-state index in [0.29, 0.717) is 5.82 Å². The Kier molecular flexibility index (Phi) is 5.68. The van der Waals surface area contributed by atoms with Gasteiger partial charge in [-0.1, -0.05) is 103 Å². The summed E-state index contributed by atoms with van der Waals surface area (Å²) in [5, 5.41) is 5.74. The molecule has 0 atom stereocenters. The van der Waals surface area contributed by atoms with Crippen LogP contribution in [0.1, 0.15) is 0 Å². The highest BCUT2D eigenvalue weighted by Crippen LogP contribution is 2.39. The van der Waals surface area contributed by atoms with Crippen LogP contribution in [0.2, 0.25) is 0 Å². The highest BCUT2D eigenvalue weighted by atomic mass is 32.1. The number of nitrogens with zero attached hydrogens (tertiary/aromatic N) is 2. The molecule has 0 amide bonds. The predicted molar refractivity (Wildman–Crippen MR) is 184 cm³/mol. The minimum atomic E-state index is 0.652. The Hall–Kier alpha value is -5.58. The van der Waals surface area contributed by atoms with Gasteiger partial charge in [-0.25, -0.2) is 9.97 Å². The molecule has 3 heterocycles. The molecule has 0 aliphatic rings. The molecule has 0 saturated carbocycles. The summed E-state index contributed by atoms with van der Waals surface area (Å²) in [7, 11) is 0. The lowest BCUT2D eigenvalue weighted by molar-refractivity contribution is 0.669. The molecule has 44 heavy (non-hydrogen) atoms. The van der Waals surface area contributed by atoms with Gasteiger partial charge in [-0.2, -0.15) is 0 Å². The highest BCUT2D eigenvalue weighted by molar-refractivity contribution is 7.22. The molecule has 206 valence electrons. The van der Waals surface area contributed by atoms with Crippen LogP contribution in [-0.4, -0.2) is 9.97 Å². The molecule has 0 unspecified atom stereocenters. The number of benzene rings is 6. The molecule has 9 rings (SSSR count). The largest absolute Gasteiger partial charge is 0.455 e. The molecule has 6 aromatic carbocycles. The molecule has 0 spiro atoms. The molecule has 3 aromatic heterocycles. The van der Waals surface area contributed by atoms with E-state index < -0.39 is 0 Å². The summed E-state index contributed by atoms with van der Waals surface area (Å²) in [5.74, 6) is 0.652. The van der Waals surface area contributed by atoms with Gasteiger partial charge in [0, 0.05) is 21.0 Å². The number of furan rings is 1. The number of rotatable bonds is 4. The van der Waals surface area contributed by atoms with Gasteiger partial charge in [0.05, 0.1) is 21.8 Å². The first-order valence-electron chi connectivity index (χ1n) is 14.7. The van der Waals surface area contributed by atoms with Gasteiger partial charge in [-0.3, -0.25) is 0 Å². The van der Waals surface area contributed by atoms with Crippen LogP contribution in [0.25, 0.3) is 87.1 Å². The second-order valence-electron chi connectivity index (χ2n) is 11.0. The maximum Gasteiger partial charge on any atom is 0.164 e. The van der Waals surface area contributed by atoms with Crippen LogP contribution in [0.5, 0.6) is 0 Å². The van der Waals surface area contributed by atoms with Gasteiger partial charge in [-0.05, 0) is 69.8 Å². The molecular weight excluding hydrogens is 557 g/mol. The molecule has 0 aliphatic carbocycles. The molecule has 0 bridgehead atoms. The summed E-state index contributed by atoms with van der Waals surface area (Å²) in [6.07, 6.45) is 0. The van der Waals surface area contributed by atoms with Crippen LogP contribution >= 0.6 is 11.3 Å². The van der Waals surface area contributed by atoms with Crippen molar-refractivity contribution in [3.8, 4) is 44.3 Å². The number of thiophene rings is 1. The van der Waals surface area contributed by atoms with Crippen molar-refractivity contribution in [3.63, 3.8) is 0 Å². The van der Waals surface area contributed by atoms with Crippen LogP contribution in [0.15, 0.2) is 150 Å². The SMILES string of the molecule is c1ccc(-c2ccc3cc(-c4cc(-c5cc6ccccc6s5)nc(-c5cccc6c5oc5ccccc56)n4)ccc3c2)cc1. The Labute approximate surface area is 257 Å². The Bertz CT molecular complexity index is 2480. The lowest BCUT2D eigenvalue weighted by Crippen LogP contribution is -1.95. The smallest absolute Gasteiger partial charge is 0.164 e. The Balaban J connectivity index is 1.24. The van der Waals surface area contributed by atoms with Crippen LogP contribution in [0, 0.1) is 0 Å². The van der Waals surface area contributed by atoms with Gasteiger partial charge in [0.25, 0.3) is 0 Å². The van der Waals surface area contributed by atoms with E-state index in [2.05, 4.69) is 127 Å². The van der Waals surface area contributed by atoms with Crippen molar-refractivity contribution in [2.75, 3.05) is 0 Å². The first-order valence-corrected chi connectivity index (χ1v) is 15.5. The van der Waals surface area contributed by atoms with E-state index in [4.69, 9.17) is 14.4 Å². The predicted octanol–water partition coefficient (Wildman–Crippen LogP) is 11.4. The van der Waals surface area contributed by atoms with Crippen LogP contribution in [0.3, 0.4) is 0 Å². The monoisotopic (exact) mass is 580 g/mol. The second-order valence-corrected chi connectivity index (χ2v) is 12.1. The maximum absolute atomic E-state index is 6.41. The van der Waals surface area contributed by atoms with Gasteiger partial charge < -0.3 is 4.42 Å². The summed E-state index contributed by atoms with van der Waals surface area (Å²) in [4.78, 5) is 11.5. The highest BCUT2D eigenvalue weighted by Gasteiger charge is 2.18. The fourth-order valence-electron chi connectivity index (χ4n) is 6.09. The number of aromatic nitrogens is 2. The first-order chi connectivity index (χ1) is 21.8. The van der Waals surface area contributed by atoms with E-state index in [1.54, 1.807) is 11.3 Å². The molecule has 9 aromatic rings. The Morgan fingerprint density at radius 1 is 0.477 bits per heavy atom. The molecule has 0 radical (unpaired) electrons. The third kappa shape index (κ3) is 4.19. The van der Waals surface area contributed by atoms with Crippen molar-refractivity contribution in [2.24, 2.45) is 0 Å². The fraction of sp³-hybridized carbons (Fsp3) is 0. The van der Waals surface area contributed by atoms with Crippen molar-refractivity contribution in [1.29, 1.82) is 0 Å². The molecular formula is C40H24N2OS. The van der Waals surface area contributed by atoms with Crippen molar-refractivity contribution in [2.45, 2.75) is 0 Å². The second kappa shape index (κ2) is 10.0. The van der Waals surface area contributed by atoms with Gasteiger partial charge in [0.1, 0.15) is 11.2 Å². The topological polar surface area (TPSA) is 38.9 Å². The van der Waals surface area contributed by atoms with Crippen molar-refractivity contribution in [1.82, 2.24) is 9.97 Å². The van der Waals surface area contributed by atoms with E-state index in [1.807, 2.05) is 18.2 Å². The van der Waals surface area contributed by atoms with E-state index in [-0.39, 0.29) is 0 Å². The zero-order valence-corrected chi connectivity index (χ0v) is 24.4. The summed E-state index contributed by atoms with van der Waals surface area (Å²) >= 11 is 1.75. The quantitative estimate of drug-likeness (QED) is 0.208. The van der Waals surface area contributed by atoms with Gasteiger partial charge in [0.15, 0.2) is 5.82 Å². The number of fused-ring (bicyclic) bond motifs is 5. The van der Waals surface area contributed by atoms with E-state index in [0.717, 1.165) is 49.3 Å². The number of hydrogen-bond donors (Lipinski definition) is 0. The lowest BCUT2D eigenvalue weighted by Gasteiger charge is -2.10. The average molecular weight is 581 g/mol.